The van der Waals surface area contributed by atoms with E-state index in [-0.39, 0.29) is 5.91 Å². The predicted octanol–water partition coefficient (Wildman–Crippen LogP) is 2.80. The van der Waals surface area contributed by atoms with Crippen molar-refractivity contribution < 1.29 is 4.79 Å². The quantitative estimate of drug-likeness (QED) is 0.738. The molecule has 0 fully saturated rings. The Morgan fingerprint density at radius 2 is 2.22 bits per heavy atom. The maximum atomic E-state index is 11.4. The Kier molecular flexibility index (Phi) is 6.90. The van der Waals surface area contributed by atoms with Crippen molar-refractivity contribution in [2.45, 2.75) is 46.6 Å². The van der Waals surface area contributed by atoms with Gasteiger partial charge in [-0.25, -0.2) is 4.98 Å². The summed E-state index contributed by atoms with van der Waals surface area (Å²) in [5, 5.41) is 6.20. The van der Waals surface area contributed by atoms with Crippen LogP contribution in [0.5, 0.6) is 0 Å². The summed E-state index contributed by atoms with van der Waals surface area (Å²) in [7, 11) is 0. The van der Waals surface area contributed by atoms with Crippen molar-refractivity contribution in [2.24, 2.45) is 0 Å². The molecule has 0 saturated heterocycles. The lowest BCUT2D eigenvalue weighted by Gasteiger charge is -2.14. The van der Waals surface area contributed by atoms with E-state index in [9.17, 15) is 4.79 Å². The highest BCUT2D eigenvalue weighted by atomic mass is 32.1. The third kappa shape index (κ3) is 4.74. The summed E-state index contributed by atoms with van der Waals surface area (Å²) < 4.78 is 0. The number of aromatic nitrogens is 1. The molecule has 102 valence electrons. The van der Waals surface area contributed by atoms with Crippen molar-refractivity contribution in [3.05, 3.63) is 11.1 Å². The lowest BCUT2D eigenvalue weighted by molar-refractivity contribution is -0.116. The smallest absolute Gasteiger partial charge is 0.225 e. The van der Waals surface area contributed by atoms with Crippen molar-refractivity contribution in [1.29, 1.82) is 0 Å². The van der Waals surface area contributed by atoms with E-state index in [0.717, 1.165) is 23.9 Å². The number of rotatable bonds is 8. The van der Waals surface area contributed by atoms with E-state index in [1.165, 1.54) is 30.6 Å². The van der Waals surface area contributed by atoms with Crippen molar-refractivity contribution in [3.63, 3.8) is 0 Å². The molecule has 0 bridgehead atoms. The van der Waals surface area contributed by atoms with Gasteiger partial charge in [0.05, 0.1) is 5.69 Å². The SMILES string of the molecule is CCCCCNCc1csc(N(CC)C(C)=O)n1. The summed E-state index contributed by atoms with van der Waals surface area (Å²) in [5.74, 6) is 0.0503. The molecule has 5 heteroatoms. The molecule has 0 radical (unpaired) electrons. The maximum absolute atomic E-state index is 11.4. The molecular weight excluding hydrogens is 246 g/mol. The number of thiazole rings is 1. The highest BCUT2D eigenvalue weighted by molar-refractivity contribution is 7.14. The van der Waals surface area contributed by atoms with Gasteiger partial charge in [-0.1, -0.05) is 19.8 Å². The van der Waals surface area contributed by atoms with Gasteiger partial charge >= 0.3 is 0 Å². The number of anilines is 1. The molecule has 1 amide bonds. The maximum Gasteiger partial charge on any atom is 0.225 e. The molecule has 0 atom stereocenters. The van der Waals surface area contributed by atoms with Crippen LogP contribution < -0.4 is 10.2 Å². The molecule has 1 aromatic heterocycles. The second kappa shape index (κ2) is 8.21. The molecule has 0 aliphatic rings. The van der Waals surface area contributed by atoms with E-state index in [1.54, 1.807) is 11.8 Å². The molecule has 1 N–H and O–H groups in total. The van der Waals surface area contributed by atoms with Crippen LogP contribution in [0.3, 0.4) is 0 Å². The fourth-order valence-corrected chi connectivity index (χ4v) is 2.64. The molecule has 0 spiro atoms. The fourth-order valence-electron chi connectivity index (χ4n) is 1.71. The molecule has 0 aliphatic heterocycles. The average molecular weight is 269 g/mol. The minimum Gasteiger partial charge on any atom is -0.311 e. The van der Waals surface area contributed by atoms with E-state index in [4.69, 9.17) is 0 Å². The highest BCUT2D eigenvalue weighted by Gasteiger charge is 2.12. The number of carbonyl (C=O) groups is 1. The first kappa shape index (κ1) is 15.1. The lowest BCUT2D eigenvalue weighted by Crippen LogP contribution is -2.27. The molecule has 0 aromatic carbocycles. The van der Waals surface area contributed by atoms with Crippen molar-refractivity contribution in [2.75, 3.05) is 18.0 Å². The van der Waals surface area contributed by atoms with Gasteiger partial charge in [0.2, 0.25) is 5.91 Å². The number of carbonyl (C=O) groups excluding carboxylic acids is 1. The Labute approximate surface area is 113 Å². The Morgan fingerprint density at radius 3 is 2.83 bits per heavy atom. The van der Waals surface area contributed by atoms with Gasteiger partial charge in [0.1, 0.15) is 0 Å². The van der Waals surface area contributed by atoms with Crippen LogP contribution in [-0.2, 0) is 11.3 Å². The summed E-state index contributed by atoms with van der Waals surface area (Å²) in [5.41, 5.74) is 1.02. The minimum atomic E-state index is 0.0503. The van der Waals surface area contributed by atoms with Gasteiger partial charge in [0.15, 0.2) is 5.13 Å². The Bertz CT molecular complexity index is 365. The summed E-state index contributed by atoms with van der Waals surface area (Å²) >= 11 is 1.53. The second-order valence-corrected chi connectivity index (χ2v) is 5.11. The Morgan fingerprint density at radius 1 is 1.44 bits per heavy atom. The number of nitrogens with zero attached hydrogens (tertiary/aromatic N) is 2. The first-order valence-corrected chi connectivity index (χ1v) is 7.50. The van der Waals surface area contributed by atoms with E-state index in [2.05, 4.69) is 17.2 Å². The summed E-state index contributed by atoms with van der Waals surface area (Å²) in [6, 6.07) is 0. The largest absolute Gasteiger partial charge is 0.311 e. The topological polar surface area (TPSA) is 45.2 Å². The number of hydrogen-bond acceptors (Lipinski definition) is 4. The predicted molar refractivity (Wildman–Crippen MR) is 77.0 cm³/mol. The summed E-state index contributed by atoms with van der Waals surface area (Å²) in [4.78, 5) is 17.6. The van der Waals surface area contributed by atoms with Crippen LogP contribution in [0.25, 0.3) is 0 Å². The van der Waals surface area contributed by atoms with Gasteiger partial charge in [-0.2, -0.15) is 0 Å². The molecule has 18 heavy (non-hydrogen) atoms. The number of unbranched alkanes of at least 4 members (excludes halogenated alkanes) is 2. The van der Waals surface area contributed by atoms with E-state index in [1.807, 2.05) is 12.3 Å². The highest BCUT2D eigenvalue weighted by Crippen LogP contribution is 2.20. The third-order valence-electron chi connectivity index (χ3n) is 2.73. The third-order valence-corrected chi connectivity index (χ3v) is 3.64. The summed E-state index contributed by atoms with van der Waals surface area (Å²) in [6.07, 6.45) is 3.72. The Hall–Kier alpha value is -0.940. The van der Waals surface area contributed by atoms with Crippen LogP contribution in [-0.4, -0.2) is 24.0 Å². The first-order valence-electron chi connectivity index (χ1n) is 6.62. The van der Waals surface area contributed by atoms with Gasteiger partial charge in [-0.3, -0.25) is 9.69 Å². The molecule has 0 unspecified atom stereocenters. The van der Waals surface area contributed by atoms with E-state index in [0.29, 0.717) is 6.54 Å². The standard InChI is InChI=1S/C13H23N3OS/c1-4-6-7-8-14-9-12-10-18-13(15-12)16(5-2)11(3)17/h10,14H,4-9H2,1-3H3. The zero-order valence-corrected chi connectivity index (χ0v) is 12.3. The zero-order valence-electron chi connectivity index (χ0n) is 11.5. The van der Waals surface area contributed by atoms with Crippen LogP contribution in [0.15, 0.2) is 5.38 Å². The van der Waals surface area contributed by atoms with Gasteiger partial charge in [-0.15, -0.1) is 11.3 Å². The molecule has 4 nitrogen and oxygen atoms in total. The van der Waals surface area contributed by atoms with Gasteiger partial charge in [0.25, 0.3) is 0 Å². The van der Waals surface area contributed by atoms with Crippen LogP contribution in [0.1, 0.15) is 45.7 Å². The molecule has 0 aliphatic carbocycles. The van der Waals surface area contributed by atoms with Crippen molar-refractivity contribution in [1.82, 2.24) is 10.3 Å². The van der Waals surface area contributed by atoms with Crippen LogP contribution in [0, 0.1) is 0 Å². The van der Waals surface area contributed by atoms with Crippen molar-refractivity contribution >= 4 is 22.4 Å². The minimum absolute atomic E-state index is 0.0503. The Balaban J connectivity index is 2.40. The van der Waals surface area contributed by atoms with Crippen LogP contribution in [0.4, 0.5) is 5.13 Å². The van der Waals surface area contributed by atoms with Crippen LogP contribution in [0.2, 0.25) is 0 Å². The van der Waals surface area contributed by atoms with E-state index < -0.39 is 0 Å². The normalized spacial score (nSPS) is 10.6. The molecular formula is C13H23N3OS. The van der Waals surface area contributed by atoms with Gasteiger partial charge in [0, 0.05) is 25.4 Å². The average Bonchev–Trinajstić information content (AvgIpc) is 2.78. The number of nitrogens with one attached hydrogen (secondary N) is 1. The van der Waals surface area contributed by atoms with Gasteiger partial charge in [-0.05, 0) is 19.9 Å². The second-order valence-electron chi connectivity index (χ2n) is 4.27. The molecule has 0 saturated carbocycles. The lowest BCUT2D eigenvalue weighted by atomic mass is 10.2. The first-order chi connectivity index (χ1) is 8.69. The van der Waals surface area contributed by atoms with Gasteiger partial charge < -0.3 is 5.32 Å². The molecule has 1 aromatic rings. The molecule has 1 rings (SSSR count). The fraction of sp³-hybridized carbons (Fsp3) is 0.692. The monoisotopic (exact) mass is 269 g/mol. The van der Waals surface area contributed by atoms with Crippen molar-refractivity contribution in [3.8, 4) is 0 Å². The van der Waals surface area contributed by atoms with Crippen LogP contribution >= 0.6 is 11.3 Å². The summed E-state index contributed by atoms with van der Waals surface area (Å²) in [6.45, 7) is 8.24. The van der Waals surface area contributed by atoms with E-state index >= 15 is 0 Å². The number of hydrogen-bond donors (Lipinski definition) is 1. The zero-order chi connectivity index (χ0) is 13.4. The molecule has 1 heterocycles. The number of amides is 1.